The van der Waals surface area contributed by atoms with Gasteiger partial charge in [0, 0.05) is 6.42 Å². The number of hydrogen-bond acceptors (Lipinski definition) is 4. The van der Waals surface area contributed by atoms with E-state index in [0.717, 1.165) is 55.8 Å². The van der Waals surface area contributed by atoms with Crippen molar-refractivity contribution >= 4 is 11.9 Å². The first-order valence-corrected chi connectivity index (χ1v) is 17.8. The molecule has 0 spiro atoms. The molecule has 242 valence electrons. The topological polar surface area (TPSA) is 52.6 Å². The van der Waals surface area contributed by atoms with Crippen molar-refractivity contribution in [3.8, 4) is 0 Å². The van der Waals surface area contributed by atoms with Gasteiger partial charge in [-0.2, -0.15) is 0 Å². The van der Waals surface area contributed by atoms with Gasteiger partial charge in [0.15, 0.2) is 0 Å². The quantitative estimate of drug-likeness (QED) is 0.209. The molecule has 6 rings (SSSR count). The van der Waals surface area contributed by atoms with Gasteiger partial charge >= 0.3 is 11.9 Å². The van der Waals surface area contributed by atoms with Crippen molar-refractivity contribution in [3.63, 3.8) is 0 Å². The van der Waals surface area contributed by atoms with E-state index in [-0.39, 0.29) is 29.6 Å². The lowest BCUT2D eigenvalue weighted by Gasteiger charge is -2.58. The van der Waals surface area contributed by atoms with Crippen LogP contribution < -0.4 is 0 Å². The fraction of sp³-hybridized carbons (Fsp3) is 0.610. The minimum atomic E-state index is -0.199. The molecule has 4 heteroatoms. The lowest BCUT2D eigenvalue weighted by Crippen LogP contribution is -2.51. The lowest BCUT2D eigenvalue weighted by molar-refractivity contribution is -0.0602. The van der Waals surface area contributed by atoms with E-state index >= 15 is 0 Å². The first kappa shape index (κ1) is 32.1. The Balaban J connectivity index is 1.08. The summed E-state index contributed by atoms with van der Waals surface area (Å²) in [4.78, 5) is 25.6. The average Bonchev–Trinajstić information content (AvgIpc) is 3.41. The average molecular weight is 611 g/mol. The number of ether oxygens (including phenoxy) is 2. The van der Waals surface area contributed by atoms with Gasteiger partial charge in [-0.1, -0.05) is 82.7 Å². The van der Waals surface area contributed by atoms with Crippen LogP contribution in [-0.2, 0) is 9.47 Å². The Hall–Kier alpha value is -2.88. The Kier molecular flexibility index (Phi) is 9.33. The highest BCUT2D eigenvalue weighted by atomic mass is 16.5. The number of allylic oxidation sites excluding steroid dienone is 1. The Morgan fingerprint density at radius 1 is 0.800 bits per heavy atom. The third-order valence-electron chi connectivity index (χ3n) is 13.0. The second kappa shape index (κ2) is 13.1. The monoisotopic (exact) mass is 610 g/mol. The molecule has 45 heavy (non-hydrogen) atoms. The number of esters is 2. The minimum Gasteiger partial charge on any atom is -0.459 e. The van der Waals surface area contributed by atoms with Gasteiger partial charge in [0.25, 0.3) is 0 Å². The molecular weight excluding hydrogens is 556 g/mol. The van der Waals surface area contributed by atoms with E-state index in [2.05, 4.69) is 40.7 Å². The van der Waals surface area contributed by atoms with Crippen LogP contribution in [0.1, 0.15) is 120 Å². The number of hydrogen-bond donors (Lipinski definition) is 0. The van der Waals surface area contributed by atoms with E-state index in [1.807, 2.05) is 60.7 Å². The van der Waals surface area contributed by atoms with Crippen LogP contribution in [0, 0.1) is 46.3 Å². The van der Waals surface area contributed by atoms with Gasteiger partial charge in [0.2, 0.25) is 0 Å². The van der Waals surface area contributed by atoms with Gasteiger partial charge < -0.3 is 9.47 Å². The second-order valence-electron chi connectivity index (χ2n) is 15.7. The third-order valence-corrected chi connectivity index (χ3v) is 13.0. The van der Waals surface area contributed by atoms with Gasteiger partial charge in [-0.25, -0.2) is 9.59 Å². The molecule has 0 unspecified atom stereocenters. The van der Waals surface area contributed by atoms with Gasteiger partial charge in [-0.05, 0) is 128 Å². The number of carbonyl (C=O) groups excluding carboxylic acids is 2. The smallest absolute Gasteiger partial charge is 0.338 e. The lowest BCUT2D eigenvalue weighted by atomic mass is 9.47. The predicted molar refractivity (Wildman–Crippen MR) is 180 cm³/mol. The molecule has 2 aromatic carbocycles. The Morgan fingerprint density at radius 3 is 2.13 bits per heavy atom. The molecule has 0 saturated heterocycles. The zero-order valence-corrected chi connectivity index (χ0v) is 28.2. The molecular formula is C41H54O4. The van der Waals surface area contributed by atoms with Crippen molar-refractivity contribution in [3.05, 3.63) is 83.4 Å². The Labute approximate surface area is 271 Å². The summed E-state index contributed by atoms with van der Waals surface area (Å²) in [7, 11) is 0. The number of carbonyl (C=O) groups is 2. The van der Waals surface area contributed by atoms with Crippen LogP contribution in [0.25, 0.3) is 0 Å². The summed E-state index contributed by atoms with van der Waals surface area (Å²) >= 11 is 0. The van der Waals surface area contributed by atoms with Crippen molar-refractivity contribution in [1.82, 2.24) is 0 Å². The van der Waals surface area contributed by atoms with Gasteiger partial charge in [0.05, 0.1) is 11.1 Å². The number of rotatable bonds is 9. The molecule has 4 nitrogen and oxygen atoms in total. The van der Waals surface area contributed by atoms with E-state index in [9.17, 15) is 9.59 Å². The van der Waals surface area contributed by atoms with Crippen molar-refractivity contribution in [1.29, 1.82) is 0 Å². The highest BCUT2D eigenvalue weighted by Crippen LogP contribution is 2.67. The number of fused-ring (bicyclic) bond motifs is 5. The molecule has 4 aliphatic rings. The van der Waals surface area contributed by atoms with Gasteiger partial charge in [-0.15, -0.1) is 0 Å². The zero-order valence-electron chi connectivity index (χ0n) is 28.2. The molecule has 0 aliphatic heterocycles. The van der Waals surface area contributed by atoms with Crippen LogP contribution in [0.4, 0.5) is 0 Å². The summed E-state index contributed by atoms with van der Waals surface area (Å²) in [5, 5.41) is 0. The molecule has 0 aromatic heterocycles. The van der Waals surface area contributed by atoms with Crippen LogP contribution >= 0.6 is 0 Å². The zero-order chi connectivity index (χ0) is 31.8. The van der Waals surface area contributed by atoms with Crippen LogP contribution in [0.3, 0.4) is 0 Å². The predicted octanol–water partition coefficient (Wildman–Crippen LogP) is 10.1. The van der Waals surface area contributed by atoms with E-state index < -0.39 is 0 Å². The van der Waals surface area contributed by atoms with E-state index in [1.165, 1.54) is 32.1 Å². The highest BCUT2D eigenvalue weighted by Gasteiger charge is 2.59. The summed E-state index contributed by atoms with van der Waals surface area (Å²) in [6.45, 7) is 12.0. The van der Waals surface area contributed by atoms with E-state index in [0.29, 0.717) is 28.4 Å². The summed E-state index contributed by atoms with van der Waals surface area (Å²) in [5.41, 5.74) is 3.46. The van der Waals surface area contributed by atoms with Gasteiger partial charge in [-0.3, -0.25) is 0 Å². The molecule has 0 N–H and O–H groups in total. The summed E-state index contributed by atoms with van der Waals surface area (Å²) in [6.07, 6.45) is 14.0. The van der Waals surface area contributed by atoms with E-state index in [4.69, 9.17) is 9.47 Å². The largest absolute Gasteiger partial charge is 0.459 e. The molecule has 2 aromatic rings. The molecule has 3 saturated carbocycles. The molecule has 0 amide bonds. The van der Waals surface area contributed by atoms with Gasteiger partial charge in [0.1, 0.15) is 12.2 Å². The fourth-order valence-corrected chi connectivity index (χ4v) is 10.4. The summed E-state index contributed by atoms with van der Waals surface area (Å²) in [5.74, 6) is 3.53. The standard InChI is InChI=1S/C41H54O4/c1-27(2)37(45-39(43)30-14-10-7-11-15-30)21-16-28(3)34-19-20-35-33-18-17-31-26-32(44-38(42)29-12-8-6-9-13-29)22-24-40(31,4)36(33)23-25-41(34,35)5/h6-15,17,27-28,32-37H,16,18-26H2,1-5H3/t28-,32+,33+,34-,35+,36+,37+,40+,41-/m1/s1. The van der Waals surface area contributed by atoms with Crippen molar-refractivity contribution in [2.75, 3.05) is 0 Å². The SMILES string of the molecule is CC(C)[C@H](CC[C@@H](C)[C@H]1CC[C@H]2[C@@H]3CC=C4C[C@@H](OC(=O)c5ccccc5)CC[C@]4(C)[C@H]3CC[C@]12C)OC(=O)c1ccccc1. The third kappa shape index (κ3) is 6.28. The van der Waals surface area contributed by atoms with Crippen LogP contribution in [0.15, 0.2) is 72.3 Å². The maximum Gasteiger partial charge on any atom is 0.338 e. The first-order chi connectivity index (χ1) is 21.6. The second-order valence-corrected chi connectivity index (χ2v) is 15.7. The molecule has 0 bridgehead atoms. The molecule has 9 atom stereocenters. The first-order valence-electron chi connectivity index (χ1n) is 17.8. The van der Waals surface area contributed by atoms with Crippen LogP contribution in [0.2, 0.25) is 0 Å². The molecule has 3 fully saturated rings. The summed E-state index contributed by atoms with van der Waals surface area (Å²) in [6, 6.07) is 18.8. The summed E-state index contributed by atoms with van der Waals surface area (Å²) < 4.78 is 12.1. The highest BCUT2D eigenvalue weighted by molar-refractivity contribution is 5.89. The van der Waals surface area contributed by atoms with Crippen molar-refractivity contribution < 1.29 is 19.1 Å². The van der Waals surface area contributed by atoms with Crippen molar-refractivity contribution in [2.24, 2.45) is 46.3 Å². The molecule has 0 radical (unpaired) electrons. The maximum absolute atomic E-state index is 12.8. The number of benzene rings is 2. The van der Waals surface area contributed by atoms with E-state index in [1.54, 1.807) is 5.57 Å². The van der Waals surface area contributed by atoms with Crippen LogP contribution in [0.5, 0.6) is 0 Å². The van der Waals surface area contributed by atoms with Crippen molar-refractivity contribution in [2.45, 2.75) is 111 Å². The Morgan fingerprint density at radius 2 is 1.47 bits per heavy atom. The maximum atomic E-state index is 12.8. The molecule has 4 aliphatic carbocycles. The normalized spacial score (nSPS) is 33.6. The fourth-order valence-electron chi connectivity index (χ4n) is 10.4. The van der Waals surface area contributed by atoms with Crippen LogP contribution in [-0.4, -0.2) is 24.1 Å². The molecule has 0 heterocycles. The minimum absolute atomic E-state index is 0.0132. The Bertz CT molecular complexity index is 1360.